The summed E-state index contributed by atoms with van der Waals surface area (Å²) in [5.41, 5.74) is 0. The molecule has 1 rings (SSSR count). The van der Waals surface area contributed by atoms with Gasteiger partial charge in [-0.05, 0) is 37.7 Å². The van der Waals surface area contributed by atoms with Crippen molar-refractivity contribution < 1.29 is 0 Å². The number of rotatable bonds is 5. The van der Waals surface area contributed by atoms with Gasteiger partial charge in [-0.25, -0.2) is 0 Å². The van der Waals surface area contributed by atoms with Crippen LogP contribution in [-0.4, -0.2) is 35.8 Å². The first-order valence-corrected chi connectivity index (χ1v) is 6.55. The van der Waals surface area contributed by atoms with E-state index in [0.29, 0.717) is 0 Å². The SMILES string of the molecule is CSCCCCN1CCCCC1=N. The Morgan fingerprint density at radius 2 is 2.23 bits per heavy atom. The Labute approximate surface area is 85.6 Å². The third kappa shape index (κ3) is 4.03. The van der Waals surface area contributed by atoms with Crippen LogP contribution in [0.4, 0.5) is 0 Å². The zero-order valence-electron chi connectivity index (χ0n) is 8.51. The number of unbranched alkanes of at least 4 members (excludes halogenated alkanes) is 1. The summed E-state index contributed by atoms with van der Waals surface area (Å²) >= 11 is 1.92. The van der Waals surface area contributed by atoms with E-state index in [9.17, 15) is 0 Å². The second-order valence-corrected chi connectivity index (χ2v) is 4.58. The lowest BCUT2D eigenvalue weighted by molar-refractivity contribution is 0.361. The van der Waals surface area contributed by atoms with Gasteiger partial charge in [-0.2, -0.15) is 11.8 Å². The monoisotopic (exact) mass is 200 g/mol. The number of hydrogen-bond donors (Lipinski definition) is 1. The van der Waals surface area contributed by atoms with Crippen LogP contribution in [0.15, 0.2) is 0 Å². The van der Waals surface area contributed by atoms with Crippen LogP contribution in [0.2, 0.25) is 0 Å². The first-order valence-electron chi connectivity index (χ1n) is 5.16. The maximum absolute atomic E-state index is 7.75. The third-order valence-electron chi connectivity index (χ3n) is 2.50. The van der Waals surface area contributed by atoms with Gasteiger partial charge in [0.2, 0.25) is 0 Å². The van der Waals surface area contributed by atoms with E-state index in [1.807, 2.05) is 11.8 Å². The molecule has 3 heteroatoms. The first-order chi connectivity index (χ1) is 6.34. The fourth-order valence-corrected chi connectivity index (χ4v) is 2.18. The molecule has 0 bridgehead atoms. The number of amidine groups is 1. The quantitative estimate of drug-likeness (QED) is 0.691. The Hall–Kier alpha value is -0.180. The lowest BCUT2D eigenvalue weighted by atomic mass is 10.1. The summed E-state index contributed by atoms with van der Waals surface area (Å²) in [5.74, 6) is 2.14. The van der Waals surface area contributed by atoms with Crippen LogP contribution >= 0.6 is 11.8 Å². The van der Waals surface area contributed by atoms with Gasteiger partial charge in [-0.15, -0.1) is 0 Å². The Bertz CT molecular complexity index is 159. The predicted molar refractivity (Wildman–Crippen MR) is 60.8 cm³/mol. The van der Waals surface area contributed by atoms with Gasteiger partial charge in [0.05, 0.1) is 5.84 Å². The minimum atomic E-state index is 0.871. The minimum Gasteiger partial charge on any atom is -0.361 e. The largest absolute Gasteiger partial charge is 0.361 e. The zero-order chi connectivity index (χ0) is 9.52. The molecular weight excluding hydrogens is 180 g/mol. The smallest absolute Gasteiger partial charge is 0.0957 e. The highest BCUT2D eigenvalue weighted by molar-refractivity contribution is 7.98. The molecule has 2 nitrogen and oxygen atoms in total. The molecule has 1 fully saturated rings. The van der Waals surface area contributed by atoms with E-state index >= 15 is 0 Å². The molecular formula is C10H20N2S. The Kier molecular flexibility index (Phi) is 5.28. The summed E-state index contributed by atoms with van der Waals surface area (Å²) in [4.78, 5) is 2.25. The van der Waals surface area contributed by atoms with Crippen molar-refractivity contribution in [1.29, 1.82) is 5.41 Å². The average molecular weight is 200 g/mol. The minimum absolute atomic E-state index is 0.871. The highest BCUT2D eigenvalue weighted by Crippen LogP contribution is 2.11. The van der Waals surface area contributed by atoms with E-state index in [1.54, 1.807) is 0 Å². The van der Waals surface area contributed by atoms with Crippen molar-refractivity contribution in [3.05, 3.63) is 0 Å². The molecule has 76 valence electrons. The van der Waals surface area contributed by atoms with Crippen molar-refractivity contribution in [1.82, 2.24) is 4.90 Å². The highest BCUT2D eigenvalue weighted by Gasteiger charge is 2.13. The number of hydrogen-bond acceptors (Lipinski definition) is 2. The van der Waals surface area contributed by atoms with Crippen LogP contribution in [0.25, 0.3) is 0 Å². The summed E-state index contributed by atoms with van der Waals surface area (Å²) in [6.45, 7) is 2.23. The van der Waals surface area contributed by atoms with E-state index in [4.69, 9.17) is 5.41 Å². The van der Waals surface area contributed by atoms with Gasteiger partial charge in [-0.1, -0.05) is 0 Å². The molecule has 0 spiro atoms. The molecule has 0 aliphatic carbocycles. The Morgan fingerprint density at radius 1 is 1.38 bits per heavy atom. The molecule has 0 amide bonds. The van der Waals surface area contributed by atoms with Crippen molar-refractivity contribution in [2.45, 2.75) is 32.1 Å². The number of piperidine rings is 1. The van der Waals surface area contributed by atoms with Crippen LogP contribution in [-0.2, 0) is 0 Å². The van der Waals surface area contributed by atoms with Crippen LogP contribution < -0.4 is 0 Å². The van der Waals surface area contributed by atoms with E-state index in [2.05, 4.69) is 11.2 Å². The van der Waals surface area contributed by atoms with Gasteiger partial charge in [-0.3, -0.25) is 5.41 Å². The molecule has 1 N–H and O–H groups in total. The highest BCUT2D eigenvalue weighted by atomic mass is 32.2. The van der Waals surface area contributed by atoms with Gasteiger partial charge in [0, 0.05) is 19.5 Å². The molecule has 1 heterocycles. The predicted octanol–water partition coefficient (Wildman–Crippen LogP) is 2.59. The van der Waals surface area contributed by atoms with E-state index in [-0.39, 0.29) is 0 Å². The van der Waals surface area contributed by atoms with Crippen LogP contribution in [0.1, 0.15) is 32.1 Å². The summed E-state index contributed by atoms with van der Waals surface area (Å²) < 4.78 is 0. The molecule has 0 radical (unpaired) electrons. The van der Waals surface area contributed by atoms with Crippen molar-refractivity contribution >= 4 is 17.6 Å². The zero-order valence-corrected chi connectivity index (χ0v) is 9.33. The molecule has 0 aromatic carbocycles. The molecule has 0 aromatic rings. The molecule has 13 heavy (non-hydrogen) atoms. The molecule has 0 unspecified atom stereocenters. The molecule has 0 saturated carbocycles. The van der Waals surface area contributed by atoms with Crippen LogP contribution in [0.3, 0.4) is 0 Å². The summed E-state index contributed by atoms with van der Waals surface area (Å²) in [6, 6.07) is 0. The summed E-state index contributed by atoms with van der Waals surface area (Å²) in [7, 11) is 0. The maximum Gasteiger partial charge on any atom is 0.0957 e. The Balaban J connectivity index is 2.08. The molecule has 1 aliphatic heterocycles. The van der Waals surface area contributed by atoms with Crippen molar-refractivity contribution in [2.24, 2.45) is 0 Å². The third-order valence-corrected chi connectivity index (χ3v) is 3.20. The lowest BCUT2D eigenvalue weighted by Gasteiger charge is -2.29. The number of likely N-dealkylation sites (tertiary alicyclic amines) is 1. The number of nitrogens with one attached hydrogen (secondary N) is 1. The summed E-state index contributed by atoms with van der Waals surface area (Å²) in [6.07, 6.45) is 8.21. The fraction of sp³-hybridized carbons (Fsp3) is 0.900. The van der Waals surface area contributed by atoms with Crippen LogP contribution in [0.5, 0.6) is 0 Å². The van der Waals surface area contributed by atoms with Crippen LogP contribution in [0, 0.1) is 5.41 Å². The second-order valence-electron chi connectivity index (χ2n) is 3.59. The van der Waals surface area contributed by atoms with Crippen molar-refractivity contribution in [2.75, 3.05) is 25.1 Å². The molecule has 0 aromatic heterocycles. The van der Waals surface area contributed by atoms with Gasteiger partial charge < -0.3 is 4.90 Å². The fourth-order valence-electron chi connectivity index (χ4n) is 1.68. The normalized spacial score (nSPS) is 17.9. The van der Waals surface area contributed by atoms with E-state index in [0.717, 1.165) is 25.3 Å². The number of nitrogens with zero attached hydrogens (tertiary/aromatic N) is 1. The second kappa shape index (κ2) is 6.30. The standard InChI is InChI=1S/C10H20N2S/c1-13-9-5-4-8-12-7-3-2-6-10(12)11/h11H,2-9H2,1H3. The van der Waals surface area contributed by atoms with E-state index < -0.39 is 0 Å². The van der Waals surface area contributed by atoms with Gasteiger partial charge in [0.25, 0.3) is 0 Å². The average Bonchev–Trinajstić information content (AvgIpc) is 2.15. The van der Waals surface area contributed by atoms with Gasteiger partial charge >= 0.3 is 0 Å². The van der Waals surface area contributed by atoms with Gasteiger partial charge in [0.15, 0.2) is 0 Å². The first kappa shape index (κ1) is 10.9. The maximum atomic E-state index is 7.75. The van der Waals surface area contributed by atoms with E-state index in [1.165, 1.54) is 31.4 Å². The van der Waals surface area contributed by atoms with Crippen molar-refractivity contribution in [3.8, 4) is 0 Å². The molecule has 1 aliphatic rings. The Morgan fingerprint density at radius 3 is 2.92 bits per heavy atom. The van der Waals surface area contributed by atoms with Gasteiger partial charge in [0.1, 0.15) is 0 Å². The molecule has 0 atom stereocenters. The molecule has 1 saturated heterocycles. The topological polar surface area (TPSA) is 27.1 Å². The van der Waals surface area contributed by atoms with Crippen molar-refractivity contribution in [3.63, 3.8) is 0 Å². The lowest BCUT2D eigenvalue weighted by Crippen LogP contribution is -2.35. The number of thioether (sulfide) groups is 1. The summed E-state index contributed by atoms with van der Waals surface area (Å²) in [5, 5.41) is 7.75.